The number of carbonyl (C=O) groups is 5. The molecular weight excluding hydrogens is 566 g/mol. The van der Waals surface area contributed by atoms with Crippen LogP contribution in [0.2, 0.25) is 15.4 Å². The molecule has 0 unspecified atom stereocenters. The number of hydrogen-bond acceptors (Lipinski definition) is 7. The average molecular weight is 599 g/mol. The summed E-state index contributed by atoms with van der Waals surface area (Å²) in [4.78, 5) is 61.8. The topological polar surface area (TPSA) is 168 Å². The van der Waals surface area contributed by atoms with Crippen molar-refractivity contribution >= 4 is 60.0 Å². The van der Waals surface area contributed by atoms with Gasteiger partial charge in [-0.2, -0.15) is 0 Å². The summed E-state index contributed by atoms with van der Waals surface area (Å²) < 4.78 is 11.6. The molecule has 0 aromatic heterocycles. The number of carboxylic acid groups (broad SMARTS) is 2. The van der Waals surface area contributed by atoms with Crippen molar-refractivity contribution in [3.8, 4) is 0 Å². The van der Waals surface area contributed by atoms with Gasteiger partial charge in [0.05, 0.1) is 30.0 Å². The zero-order chi connectivity index (χ0) is 29.7. The Morgan fingerprint density at radius 3 is 2.25 bits per heavy atom. The number of carboxylic acids is 2. The number of halogens is 2. The van der Waals surface area contributed by atoms with E-state index in [-0.39, 0.29) is 23.0 Å². The van der Waals surface area contributed by atoms with Crippen molar-refractivity contribution < 1.29 is 43.5 Å². The number of aliphatic carboxylic acids is 2. The third-order valence-electron chi connectivity index (χ3n) is 7.36. The highest BCUT2D eigenvalue weighted by molar-refractivity contribution is 6.53. The molecule has 40 heavy (non-hydrogen) atoms. The lowest BCUT2D eigenvalue weighted by molar-refractivity contribution is -0.157. The quantitative estimate of drug-likeness (QED) is 0.262. The zero-order valence-corrected chi connectivity index (χ0v) is 23.8. The second-order valence-corrected chi connectivity index (χ2v) is 11.7. The number of nitrogens with one attached hydrogen (secondary N) is 2. The Morgan fingerprint density at radius 1 is 1.05 bits per heavy atom. The molecule has 2 fully saturated rings. The van der Waals surface area contributed by atoms with Crippen molar-refractivity contribution in [2.24, 2.45) is 5.92 Å². The second kappa shape index (κ2) is 13.2. The Bertz CT molecular complexity index is 1140. The number of carbonyl (C=O) groups excluding carboxylic acids is 3. The molecule has 4 N–H and O–H groups in total. The van der Waals surface area contributed by atoms with Gasteiger partial charge in [0.15, 0.2) is 5.60 Å². The Morgan fingerprint density at radius 2 is 1.68 bits per heavy atom. The van der Waals surface area contributed by atoms with Gasteiger partial charge in [-0.05, 0) is 43.4 Å². The maximum Gasteiger partial charge on any atom is 0.536 e. The first-order chi connectivity index (χ1) is 18.8. The molecule has 14 heteroatoms. The van der Waals surface area contributed by atoms with E-state index in [0.29, 0.717) is 24.3 Å². The molecule has 1 saturated heterocycles. The van der Waals surface area contributed by atoms with Crippen LogP contribution < -0.4 is 10.6 Å². The molecule has 2 amide bonds. The summed E-state index contributed by atoms with van der Waals surface area (Å²) in [6, 6.07) is 3.81. The van der Waals surface area contributed by atoms with Gasteiger partial charge in [0.25, 0.3) is 5.91 Å². The fraction of sp³-hybridized carbons (Fsp3) is 0.577. The number of rotatable bonds is 12. The fourth-order valence-electron chi connectivity index (χ4n) is 5.53. The highest BCUT2D eigenvalue weighted by Crippen LogP contribution is 2.53. The van der Waals surface area contributed by atoms with Crippen molar-refractivity contribution in [2.75, 3.05) is 6.54 Å². The van der Waals surface area contributed by atoms with Gasteiger partial charge in [-0.3, -0.25) is 24.0 Å². The van der Waals surface area contributed by atoms with Gasteiger partial charge in [0, 0.05) is 16.4 Å². The molecule has 3 rings (SSSR count). The van der Waals surface area contributed by atoms with Crippen molar-refractivity contribution in [2.45, 2.75) is 82.2 Å². The number of amides is 2. The van der Waals surface area contributed by atoms with Gasteiger partial charge >= 0.3 is 25.0 Å². The smallest absolute Gasteiger partial charge is 0.507 e. The predicted octanol–water partition coefficient (Wildman–Crippen LogP) is 3.71. The molecule has 0 radical (unpaired) electrons. The molecule has 1 aliphatic heterocycles. The molecule has 1 atom stereocenters. The fourth-order valence-corrected chi connectivity index (χ4v) is 5.91. The second-order valence-electron chi connectivity index (χ2n) is 10.8. The molecule has 0 spiro atoms. The Labute approximate surface area is 242 Å². The van der Waals surface area contributed by atoms with Crippen molar-refractivity contribution in [1.29, 1.82) is 0 Å². The summed E-state index contributed by atoms with van der Waals surface area (Å²) >= 11 is 12.0. The van der Waals surface area contributed by atoms with Crippen LogP contribution in [0.25, 0.3) is 0 Å². The van der Waals surface area contributed by atoms with E-state index in [1.54, 1.807) is 0 Å². The van der Waals surface area contributed by atoms with Crippen molar-refractivity contribution in [3.63, 3.8) is 0 Å². The maximum atomic E-state index is 13.1. The standard InChI is InChI=1S/C26H33BCl2N2O9/c1-15(2)10-19(31-20(32)14-30-23(37)17-11-16(28)6-7-18(17)29)25(8-4-3-5-9-25)27-39-24(38)26(40-27,12-21(33)34)13-22(35)36/h6-7,11,15,19H,3-5,8-10,12-14H2,1-2H3,(H,30,37)(H,31,32)(H,33,34)(H,35,36)/t19-/m0/s1. The molecule has 1 aliphatic carbocycles. The molecule has 1 aromatic carbocycles. The monoisotopic (exact) mass is 598 g/mol. The van der Waals surface area contributed by atoms with Crippen LogP contribution in [0.1, 0.15) is 75.6 Å². The molecule has 1 aromatic rings. The van der Waals surface area contributed by atoms with Crippen LogP contribution in [0.4, 0.5) is 0 Å². The Balaban J connectivity index is 1.85. The first-order valence-corrected chi connectivity index (χ1v) is 13.9. The van der Waals surface area contributed by atoms with Crippen LogP contribution in [0.3, 0.4) is 0 Å². The minimum atomic E-state index is -2.18. The number of hydrogen-bond donors (Lipinski definition) is 4. The summed E-state index contributed by atoms with van der Waals surface area (Å²) in [6.07, 6.45) is 2.06. The maximum absolute atomic E-state index is 13.1. The van der Waals surface area contributed by atoms with E-state index < -0.39 is 66.6 Å². The van der Waals surface area contributed by atoms with Crippen LogP contribution in [0.15, 0.2) is 18.2 Å². The first kappa shape index (κ1) is 31.7. The third kappa shape index (κ3) is 7.47. The lowest BCUT2D eigenvalue weighted by Gasteiger charge is -2.44. The predicted molar refractivity (Wildman–Crippen MR) is 146 cm³/mol. The molecule has 2 aliphatic rings. The van der Waals surface area contributed by atoms with E-state index in [0.717, 1.165) is 19.3 Å². The van der Waals surface area contributed by atoms with Gasteiger partial charge < -0.3 is 30.2 Å². The third-order valence-corrected chi connectivity index (χ3v) is 7.93. The molecule has 218 valence electrons. The van der Waals surface area contributed by atoms with E-state index in [1.807, 2.05) is 13.8 Å². The average Bonchev–Trinajstić information content (AvgIpc) is 3.18. The number of benzene rings is 1. The van der Waals surface area contributed by atoms with Crippen LogP contribution in [-0.4, -0.2) is 65.2 Å². The molecular formula is C26H33BCl2N2O9. The van der Waals surface area contributed by atoms with E-state index in [9.17, 15) is 34.2 Å². The summed E-state index contributed by atoms with van der Waals surface area (Å²) in [5, 5.41) is 23.9. The van der Waals surface area contributed by atoms with Gasteiger partial charge in [-0.25, -0.2) is 0 Å². The molecule has 11 nitrogen and oxygen atoms in total. The lowest BCUT2D eigenvalue weighted by atomic mass is 9.47. The summed E-state index contributed by atoms with van der Waals surface area (Å²) in [5.74, 6) is -4.86. The first-order valence-electron chi connectivity index (χ1n) is 13.1. The van der Waals surface area contributed by atoms with Crippen LogP contribution in [-0.2, 0) is 28.5 Å². The van der Waals surface area contributed by atoms with Gasteiger partial charge in [-0.15, -0.1) is 0 Å². The van der Waals surface area contributed by atoms with Crippen molar-refractivity contribution in [1.82, 2.24) is 10.6 Å². The minimum Gasteiger partial charge on any atom is -0.507 e. The molecule has 0 bridgehead atoms. The van der Waals surface area contributed by atoms with Crippen LogP contribution >= 0.6 is 23.2 Å². The largest absolute Gasteiger partial charge is 0.536 e. The highest BCUT2D eigenvalue weighted by Gasteiger charge is 2.64. The van der Waals surface area contributed by atoms with E-state index >= 15 is 0 Å². The highest BCUT2D eigenvalue weighted by atomic mass is 35.5. The van der Waals surface area contributed by atoms with E-state index in [1.165, 1.54) is 18.2 Å². The van der Waals surface area contributed by atoms with E-state index in [2.05, 4.69) is 10.6 Å². The SMILES string of the molecule is CC(C)C[C@H](NC(=O)CNC(=O)c1cc(Cl)ccc1Cl)C1(B2OC(=O)C(CC(=O)O)(CC(=O)O)O2)CCCCC1. The van der Waals surface area contributed by atoms with Crippen LogP contribution in [0.5, 0.6) is 0 Å². The van der Waals surface area contributed by atoms with Gasteiger partial charge in [-0.1, -0.05) is 56.3 Å². The normalized spacial score (nSPS) is 18.6. The Kier molecular flexibility index (Phi) is 10.5. The van der Waals surface area contributed by atoms with Crippen LogP contribution in [0, 0.1) is 5.92 Å². The molecule has 1 heterocycles. The summed E-state index contributed by atoms with van der Waals surface area (Å²) in [5.41, 5.74) is -2.06. The van der Waals surface area contributed by atoms with Crippen molar-refractivity contribution in [3.05, 3.63) is 33.8 Å². The molecule has 1 saturated carbocycles. The Hall–Kier alpha value is -2.83. The summed E-state index contributed by atoms with van der Waals surface area (Å²) in [6.45, 7) is 3.54. The summed E-state index contributed by atoms with van der Waals surface area (Å²) in [7, 11) is -1.26. The van der Waals surface area contributed by atoms with E-state index in [4.69, 9.17) is 32.5 Å². The minimum absolute atomic E-state index is 0.0869. The van der Waals surface area contributed by atoms with Gasteiger partial charge in [0.1, 0.15) is 0 Å². The zero-order valence-electron chi connectivity index (χ0n) is 22.3. The lowest BCUT2D eigenvalue weighted by Crippen LogP contribution is -2.55. The van der Waals surface area contributed by atoms with Gasteiger partial charge in [0.2, 0.25) is 5.91 Å².